The molecule has 0 atom stereocenters. The van der Waals surface area contributed by atoms with E-state index in [9.17, 15) is 13.0 Å². The zero-order valence-electron chi connectivity index (χ0n) is 9.53. The van der Waals surface area contributed by atoms with Crippen LogP contribution in [0.4, 0.5) is 0 Å². The Bertz CT molecular complexity index is 255. The molecule has 0 radical (unpaired) electrons. The van der Waals surface area contributed by atoms with Crippen LogP contribution >= 0.6 is 0 Å². The van der Waals surface area contributed by atoms with Crippen molar-refractivity contribution in [1.82, 2.24) is 0 Å². The number of unbranched alkanes of at least 4 members (excludes halogenated alkanes) is 4. The molecule has 0 heterocycles. The second-order valence-electron chi connectivity index (χ2n) is 3.57. The minimum atomic E-state index is -4.59. The van der Waals surface area contributed by atoms with Crippen LogP contribution < -0.4 is 41.0 Å². The van der Waals surface area contributed by atoms with Crippen molar-refractivity contribution in [2.75, 3.05) is 0 Å². The predicted octanol–water partition coefficient (Wildman–Crippen LogP) is -2.53. The summed E-state index contributed by atoms with van der Waals surface area (Å²) in [5, 5.41) is 0. The summed E-state index contributed by atoms with van der Waals surface area (Å²) in [6.07, 6.45) is 4.70. The molecular weight excluding hydrogens is 227 g/mol. The van der Waals surface area contributed by atoms with Gasteiger partial charge < -0.3 is 16.0 Å². The van der Waals surface area contributed by atoms with E-state index in [1.54, 1.807) is 0 Å². The molecule has 0 spiro atoms. The Morgan fingerprint density at radius 1 is 1.13 bits per heavy atom. The summed E-state index contributed by atoms with van der Waals surface area (Å²) in [6, 6.07) is 0. The summed E-state index contributed by atoms with van der Waals surface area (Å²) < 4.78 is 31.7. The Kier molecular flexibility index (Phi) is 9.71. The van der Waals surface area contributed by atoms with Gasteiger partial charge in [-0.05, 0) is 12.8 Å². The number of rotatable bonds is 7. The molecule has 15 heavy (non-hydrogen) atoms. The summed E-state index contributed by atoms with van der Waals surface area (Å²) in [5.41, 5.74) is 10.4. The Balaban J connectivity index is 0. The van der Waals surface area contributed by atoms with E-state index in [1.165, 1.54) is 0 Å². The monoisotopic (exact) mass is 246 g/mol. The van der Waals surface area contributed by atoms with E-state index in [0.29, 0.717) is 6.42 Å². The summed E-state index contributed by atoms with van der Waals surface area (Å²) in [5.74, 6) is 0. The van der Waals surface area contributed by atoms with Gasteiger partial charge in [0.15, 0.2) is 4.99 Å². The third-order valence-electron chi connectivity index (χ3n) is 2.14. The average molecular weight is 246 g/mol. The summed E-state index contributed by atoms with van der Waals surface area (Å²) in [6.45, 7) is 2.08. The van der Waals surface area contributed by atoms with Crippen LogP contribution in [0.3, 0.4) is 0 Å². The standard InChI is InChI=1S/C8H20N2O3S.Na/c1-2-3-4-5-6-7-8(9,10)14(11,12)13;/h2-7,9-10H2,1H3,(H,11,12,13);/q;+1/p-1. The summed E-state index contributed by atoms with van der Waals surface area (Å²) >= 11 is 0. The Labute approximate surface area is 114 Å². The first-order valence-corrected chi connectivity index (χ1v) is 6.25. The van der Waals surface area contributed by atoms with E-state index in [1.807, 2.05) is 0 Å². The molecule has 5 nitrogen and oxygen atoms in total. The van der Waals surface area contributed by atoms with Crippen LogP contribution in [-0.4, -0.2) is 18.0 Å². The number of nitrogens with two attached hydrogens (primary N) is 2. The second-order valence-corrected chi connectivity index (χ2v) is 5.24. The molecule has 0 aromatic carbocycles. The van der Waals surface area contributed by atoms with Gasteiger partial charge in [0.1, 0.15) is 10.1 Å². The van der Waals surface area contributed by atoms with Crippen LogP contribution in [0.25, 0.3) is 0 Å². The quantitative estimate of drug-likeness (QED) is 0.223. The molecule has 0 unspecified atom stereocenters. The molecule has 7 heteroatoms. The Morgan fingerprint density at radius 2 is 1.60 bits per heavy atom. The fraction of sp³-hybridized carbons (Fsp3) is 1.00. The molecule has 0 rings (SSSR count). The fourth-order valence-corrected chi connectivity index (χ4v) is 1.52. The van der Waals surface area contributed by atoms with Gasteiger partial charge >= 0.3 is 29.6 Å². The molecule has 0 aromatic heterocycles. The molecule has 0 aromatic rings. The van der Waals surface area contributed by atoms with Crippen molar-refractivity contribution < 1.29 is 42.5 Å². The van der Waals surface area contributed by atoms with Crippen molar-refractivity contribution in [2.45, 2.75) is 50.4 Å². The first-order chi connectivity index (χ1) is 6.31. The van der Waals surface area contributed by atoms with Crippen LogP contribution in [0.15, 0.2) is 0 Å². The largest absolute Gasteiger partial charge is 1.00 e. The van der Waals surface area contributed by atoms with Gasteiger partial charge in [0.2, 0.25) is 0 Å². The molecule has 0 aliphatic heterocycles. The van der Waals surface area contributed by atoms with Gasteiger partial charge in [-0.2, -0.15) is 0 Å². The Hall–Kier alpha value is 0.830. The molecule has 86 valence electrons. The average Bonchev–Trinajstić information content (AvgIpc) is 2.02. The van der Waals surface area contributed by atoms with Crippen molar-refractivity contribution in [1.29, 1.82) is 0 Å². The van der Waals surface area contributed by atoms with Crippen LogP contribution in [-0.2, 0) is 10.1 Å². The van der Waals surface area contributed by atoms with Gasteiger partial charge in [0.25, 0.3) is 0 Å². The summed E-state index contributed by atoms with van der Waals surface area (Å²) in [4.78, 5) is -2.10. The smallest absolute Gasteiger partial charge is 0.745 e. The van der Waals surface area contributed by atoms with Gasteiger partial charge in [-0.3, -0.25) is 0 Å². The maximum Gasteiger partial charge on any atom is 1.00 e. The van der Waals surface area contributed by atoms with Gasteiger partial charge in [-0.25, -0.2) is 8.42 Å². The minimum Gasteiger partial charge on any atom is -0.745 e. The number of hydrogen-bond donors (Lipinski definition) is 2. The van der Waals surface area contributed by atoms with Crippen LogP contribution in [0.5, 0.6) is 0 Å². The molecule has 0 saturated carbocycles. The normalized spacial score (nSPS) is 12.3. The first-order valence-electron chi connectivity index (χ1n) is 4.84. The topological polar surface area (TPSA) is 109 Å². The summed E-state index contributed by atoms with van der Waals surface area (Å²) in [7, 11) is -4.59. The molecule has 0 amide bonds. The van der Waals surface area contributed by atoms with Crippen molar-refractivity contribution in [3.8, 4) is 0 Å². The SMILES string of the molecule is CCCCCCCC(N)(N)S(=O)(=O)[O-].[Na+]. The van der Waals surface area contributed by atoms with Gasteiger partial charge in [0, 0.05) is 0 Å². The first kappa shape index (κ1) is 18.2. The van der Waals surface area contributed by atoms with Crippen molar-refractivity contribution in [3.63, 3.8) is 0 Å². The molecule has 0 aliphatic carbocycles. The molecule has 0 saturated heterocycles. The molecule has 0 aliphatic rings. The van der Waals surface area contributed by atoms with E-state index in [-0.39, 0.29) is 36.0 Å². The van der Waals surface area contributed by atoms with Crippen molar-refractivity contribution in [3.05, 3.63) is 0 Å². The van der Waals surface area contributed by atoms with Gasteiger partial charge in [-0.1, -0.05) is 32.6 Å². The molecule has 0 fully saturated rings. The third kappa shape index (κ3) is 7.68. The third-order valence-corrected chi connectivity index (χ3v) is 3.27. The van der Waals surface area contributed by atoms with Crippen molar-refractivity contribution in [2.24, 2.45) is 11.5 Å². The van der Waals surface area contributed by atoms with Crippen molar-refractivity contribution >= 4 is 10.1 Å². The Morgan fingerprint density at radius 3 is 2.00 bits per heavy atom. The predicted molar refractivity (Wildman–Crippen MR) is 54.2 cm³/mol. The van der Waals surface area contributed by atoms with Crippen LogP contribution in [0.1, 0.15) is 45.4 Å². The zero-order chi connectivity index (χ0) is 11.2. The maximum absolute atomic E-state index is 10.6. The van der Waals surface area contributed by atoms with E-state index < -0.39 is 15.1 Å². The molecular formula is C8H19N2NaO3S. The molecule has 4 N–H and O–H groups in total. The molecule has 0 bridgehead atoms. The fourth-order valence-electron chi connectivity index (χ4n) is 1.13. The van der Waals surface area contributed by atoms with E-state index in [2.05, 4.69) is 6.92 Å². The minimum absolute atomic E-state index is 0. The van der Waals surface area contributed by atoms with E-state index >= 15 is 0 Å². The zero-order valence-corrected chi connectivity index (χ0v) is 12.3. The maximum atomic E-state index is 10.6. The number of hydrogen-bond acceptors (Lipinski definition) is 5. The van der Waals surface area contributed by atoms with E-state index in [4.69, 9.17) is 11.5 Å². The van der Waals surface area contributed by atoms with Crippen LogP contribution in [0, 0.1) is 0 Å². The van der Waals surface area contributed by atoms with Crippen LogP contribution in [0.2, 0.25) is 0 Å². The van der Waals surface area contributed by atoms with Gasteiger partial charge in [0.05, 0.1) is 0 Å². The van der Waals surface area contributed by atoms with Gasteiger partial charge in [-0.15, -0.1) is 0 Å². The van der Waals surface area contributed by atoms with E-state index in [0.717, 1.165) is 25.7 Å². The second kappa shape index (κ2) is 8.00.